The topological polar surface area (TPSA) is 96.0 Å². The fourth-order valence-corrected chi connectivity index (χ4v) is 3.85. The number of ether oxygens (including phenoxy) is 1. The van der Waals surface area contributed by atoms with Crippen molar-refractivity contribution in [2.24, 2.45) is 0 Å². The summed E-state index contributed by atoms with van der Waals surface area (Å²) in [5, 5.41) is 1.60. The Balaban J connectivity index is 2.25. The highest BCUT2D eigenvalue weighted by atomic mass is 32.2. The summed E-state index contributed by atoms with van der Waals surface area (Å²) in [5.41, 5.74) is 0.386. The number of sulfonamides is 1. The van der Waals surface area contributed by atoms with E-state index in [1.54, 1.807) is 5.32 Å². The van der Waals surface area contributed by atoms with Crippen LogP contribution in [0.5, 0.6) is 0 Å². The van der Waals surface area contributed by atoms with Gasteiger partial charge in [0.15, 0.2) is 6.61 Å². The Bertz CT molecular complexity index is 882. The summed E-state index contributed by atoms with van der Waals surface area (Å²) in [5.74, 6) is -2.11. The Hall–Kier alpha value is -2.34. The van der Waals surface area contributed by atoms with E-state index in [1.807, 2.05) is 4.90 Å². The molecule has 0 spiro atoms. The zero-order chi connectivity index (χ0) is 22.5. The second kappa shape index (κ2) is 9.65. The number of amides is 1. The largest absolute Gasteiger partial charge is 0.452 e. The van der Waals surface area contributed by atoms with Gasteiger partial charge in [0.2, 0.25) is 10.0 Å². The van der Waals surface area contributed by atoms with E-state index in [9.17, 15) is 31.2 Å². The van der Waals surface area contributed by atoms with Crippen molar-refractivity contribution in [2.45, 2.75) is 30.3 Å². The molecule has 0 saturated carbocycles. The van der Waals surface area contributed by atoms with Crippen LogP contribution in [0.1, 0.15) is 29.6 Å². The number of halogens is 3. The molecule has 30 heavy (non-hydrogen) atoms. The Morgan fingerprint density at radius 2 is 1.80 bits per heavy atom. The summed E-state index contributed by atoms with van der Waals surface area (Å²) in [6.45, 7) is -1.14. The van der Waals surface area contributed by atoms with Crippen LogP contribution in [0.4, 0.5) is 18.9 Å². The van der Waals surface area contributed by atoms with Crippen LogP contribution in [0.3, 0.4) is 0 Å². The molecule has 0 atom stereocenters. The van der Waals surface area contributed by atoms with Gasteiger partial charge in [-0.05, 0) is 37.5 Å². The quantitative estimate of drug-likeness (QED) is 0.635. The number of carbonyl (C=O) groups is 2. The van der Waals surface area contributed by atoms with Crippen LogP contribution in [0.2, 0.25) is 0 Å². The van der Waals surface area contributed by atoms with Crippen molar-refractivity contribution in [1.82, 2.24) is 9.62 Å². The summed E-state index contributed by atoms with van der Waals surface area (Å²) in [4.78, 5) is 25.9. The zero-order valence-corrected chi connectivity index (χ0v) is 17.5. The van der Waals surface area contributed by atoms with Crippen molar-refractivity contribution < 1.29 is 35.9 Å². The molecule has 12 heteroatoms. The van der Waals surface area contributed by atoms with E-state index < -0.39 is 41.2 Å². The van der Waals surface area contributed by atoms with Gasteiger partial charge in [-0.1, -0.05) is 0 Å². The second-order valence-electron chi connectivity index (χ2n) is 6.98. The first-order chi connectivity index (χ1) is 13.9. The highest BCUT2D eigenvalue weighted by Crippen LogP contribution is 2.28. The first kappa shape index (κ1) is 23.9. The molecule has 168 valence electrons. The van der Waals surface area contributed by atoms with Gasteiger partial charge in [0.25, 0.3) is 5.91 Å². The third-order valence-corrected chi connectivity index (χ3v) is 6.29. The van der Waals surface area contributed by atoms with Gasteiger partial charge >= 0.3 is 12.1 Å². The molecule has 2 rings (SSSR count). The van der Waals surface area contributed by atoms with E-state index in [4.69, 9.17) is 4.74 Å². The van der Waals surface area contributed by atoms with Gasteiger partial charge < -0.3 is 15.0 Å². The number of carbonyl (C=O) groups excluding carboxylic acids is 2. The highest BCUT2D eigenvalue weighted by molar-refractivity contribution is 7.89. The van der Waals surface area contributed by atoms with Gasteiger partial charge in [0.05, 0.1) is 16.1 Å². The van der Waals surface area contributed by atoms with E-state index >= 15 is 0 Å². The summed E-state index contributed by atoms with van der Waals surface area (Å²) >= 11 is 0. The second-order valence-corrected chi connectivity index (χ2v) is 9.13. The summed E-state index contributed by atoms with van der Waals surface area (Å²) < 4.78 is 67.2. The summed E-state index contributed by atoms with van der Waals surface area (Å²) in [6, 6.07) is 4.04. The normalized spacial score (nSPS) is 15.2. The number of hydrogen-bond donors (Lipinski definition) is 1. The maximum atomic E-state index is 12.6. The SMILES string of the molecule is CN(C)S(=O)(=O)c1ccc(N2CCCCC2)c(C(=O)OCC(=O)NCC(F)(F)F)c1. The monoisotopic (exact) mass is 451 g/mol. The number of esters is 1. The molecule has 1 heterocycles. The minimum absolute atomic E-state index is 0.0663. The van der Waals surface area contributed by atoms with Crippen LogP contribution in [-0.2, 0) is 19.6 Å². The Kier molecular flexibility index (Phi) is 7.70. The lowest BCUT2D eigenvalue weighted by Crippen LogP contribution is -2.36. The number of nitrogens with zero attached hydrogens (tertiary/aromatic N) is 2. The highest BCUT2D eigenvalue weighted by Gasteiger charge is 2.28. The molecule has 1 N–H and O–H groups in total. The maximum absolute atomic E-state index is 12.6. The van der Waals surface area contributed by atoms with Crippen LogP contribution in [-0.4, -0.2) is 71.1 Å². The molecule has 1 fully saturated rings. The lowest BCUT2D eigenvalue weighted by Gasteiger charge is -2.30. The van der Waals surface area contributed by atoms with Crippen LogP contribution in [0.15, 0.2) is 23.1 Å². The van der Waals surface area contributed by atoms with E-state index in [-0.39, 0.29) is 10.5 Å². The summed E-state index contributed by atoms with van der Waals surface area (Å²) in [7, 11) is -1.15. The van der Waals surface area contributed by atoms with Crippen molar-refractivity contribution in [1.29, 1.82) is 0 Å². The molecule has 1 aliphatic rings. The number of benzene rings is 1. The molecule has 1 aromatic carbocycles. The van der Waals surface area contributed by atoms with Crippen molar-refractivity contribution in [3.63, 3.8) is 0 Å². The molecular formula is C18H24F3N3O5S. The van der Waals surface area contributed by atoms with E-state index in [2.05, 4.69) is 0 Å². The lowest BCUT2D eigenvalue weighted by molar-refractivity contribution is -0.140. The van der Waals surface area contributed by atoms with Crippen LogP contribution < -0.4 is 10.2 Å². The number of alkyl halides is 3. The third-order valence-electron chi connectivity index (χ3n) is 4.48. The molecule has 0 aliphatic carbocycles. The molecule has 0 aromatic heterocycles. The molecule has 1 aliphatic heterocycles. The third kappa shape index (κ3) is 6.33. The number of rotatable bonds is 7. The number of anilines is 1. The number of nitrogens with one attached hydrogen (secondary N) is 1. The summed E-state index contributed by atoms with van der Waals surface area (Å²) in [6.07, 6.45) is -1.77. The standard InChI is InChI=1S/C18H24F3N3O5S/c1-23(2)30(27,28)13-6-7-15(24-8-4-3-5-9-24)14(10-13)17(26)29-11-16(25)22-12-18(19,20)21/h6-7,10H,3-5,8-9,11-12H2,1-2H3,(H,22,25). The average Bonchev–Trinajstić information content (AvgIpc) is 2.70. The van der Waals surface area contributed by atoms with Gasteiger partial charge in [-0.2, -0.15) is 13.2 Å². The van der Waals surface area contributed by atoms with Crippen molar-refractivity contribution >= 4 is 27.6 Å². The van der Waals surface area contributed by atoms with Crippen molar-refractivity contribution in [3.05, 3.63) is 23.8 Å². The van der Waals surface area contributed by atoms with Crippen LogP contribution >= 0.6 is 0 Å². The lowest BCUT2D eigenvalue weighted by atomic mass is 10.1. The molecule has 8 nitrogen and oxygen atoms in total. The number of hydrogen-bond acceptors (Lipinski definition) is 6. The fourth-order valence-electron chi connectivity index (χ4n) is 2.92. The minimum atomic E-state index is -4.59. The van der Waals surface area contributed by atoms with Crippen LogP contribution in [0, 0.1) is 0 Å². The van der Waals surface area contributed by atoms with Gasteiger partial charge in [-0.3, -0.25) is 4.79 Å². The first-order valence-electron chi connectivity index (χ1n) is 9.24. The predicted octanol–water partition coefficient (Wildman–Crippen LogP) is 1.76. The Morgan fingerprint density at radius 3 is 2.37 bits per heavy atom. The molecule has 0 bridgehead atoms. The molecule has 1 aromatic rings. The predicted molar refractivity (Wildman–Crippen MR) is 103 cm³/mol. The fraction of sp³-hybridized carbons (Fsp3) is 0.556. The average molecular weight is 451 g/mol. The van der Waals surface area contributed by atoms with Gasteiger partial charge in [0, 0.05) is 27.2 Å². The van der Waals surface area contributed by atoms with Gasteiger partial charge in [0.1, 0.15) is 6.54 Å². The van der Waals surface area contributed by atoms with Gasteiger partial charge in [-0.25, -0.2) is 17.5 Å². The molecule has 1 amide bonds. The van der Waals surface area contributed by atoms with Crippen molar-refractivity contribution in [2.75, 3.05) is 45.2 Å². The van der Waals surface area contributed by atoms with Crippen molar-refractivity contribution in [3.8, 4) is 0 Å². The van der Waals surface area contributed by atoms with Crippen LogP contribution in [0.25, 0.3) is 0 Å². The minimum Gasteiger partial charge on any atom is -0.452 e. The van der Waals surface area contributed by atoms with E-state index in [1.165, 1.54) is 26.2 Å². The molecule has 0 unspecified atom stereocenters. The van der Waals surface area contributed by atoms with Gasteiger partial charge in [-0.15, -0.1) is 0 Å². The molecule has 0 radical (unpaired) electrons. The van der Waals surface area contributed by atoms with E-state index in [0.29, 0.717) is 18.8 Å². The molecular weight excluding hydrogens is 427 g/mol. The first-order valence-corrected chi connectivity index (χ1v) is 10.7. The Labute approximate surface area is 173 Å². The zero-order valence-electron chi connectivity index (χ0n) is 16.7. The number of piperidine rings is 1. The Morgan fingerprint density at radius 1 is 1.17 bits per heavy atom. The maximum Gasteiger partial charge on any atom is 0.405 e. The van der Waals surface area contributed by atoms with E-state index in [0.717, 1.165) is 29.6 Å². The molecule has 1 saturated heterocycles. The smallest absolute Gasteiger partial charge is 0.405 e.